The van der Waals surface area contributed by atoms with Crippen LogP contribution in [-0.2, 0) is 17.7 Å². The van der Waals surface area contributed by atoms with Gasteiger partial charge in [0.15, 0.2) is 0 Å². The van der Waals surface area contributed by atoms with Crippen molar-refractivity contribution in [3.63, 3.8) is 0 Å². The summed E-state index contributed by atoms with van der Waals surface area (Å²) in [6, 6.07) is 16.0. The second kappa shape index (κ2) is 7.04. The predicted molar refractivity (Wildman–Crippen MR) is 91.5 cm³/mol. The molecule has 5 heteroatoms. The number of rotatable bonds is 5. The molecule has 2 aromatic carbocycles. The number of cyclic esters (lactones) is 1. The Morgan fingerprint density at radius 3 is 2.70 bits per heavy atom. The average Bonchev–Trinajstić information content (AvgIpc) is 2.89. The maximum absolute atomic E-state index is 12.0. The van der Waals surface area contributed by atoms with Crippen LogP contribution in [0.4, 0.5) is 4.79 Å². The minimum atomic E-state index is -0.247. The van der Waals surface area contributed by atoms with Crippen LogP contribution in [-0.4, -0.2) is 30.8 Å². The highest BCUT2D eigenvalue weighted by atomic mass is 79.9. The van der Waals surface area contributed by atoms with Crippen LogP contribution in [0.15, 0.2) is 53.0 Å². The molecule has 23 heavy (non-hydrogen) atoms. The van der Waals surface area contributed by atoms with Crippen LogP contribution in [0.5, 0.6) is 5.75 Å². The first-order valence-electron chi connectivity index (χ1n) is 7.46. The topological polar surface area (TPSA) is 38.8 Å². The number of ether oxygens (including phenoxy) is 2. The summed E-state index contributed by atoms with van der Waals surface area (Å²) in [6.07, 6.45) is 0.521. The van der Waals surface area contributed by atoms with Crippen molar-refractivity contribution >= 4 is 22.0 Å². The quantitative estimate of drug-likeness (QED) is 0.791. The van der Waals surface area contributed by atoms with Gasteiger partial charge in [-0.05, 0) is 41.8 Å². The average molecular weight is 376 g/mol. The van der Waals surface area contributed by atoms with E-state index in [9.17, 15) is 4.79 Å². The van der Waals surface area contributed by atoms with E-state index in [1.165, 1.54) is 0 Å². The van der Waals surface area contributed by atoms with Crippen LogP contribution in [0.2, 0.25) is 0 Å². The summed E-state index contributed by atoms with van der Waals surface area (Å²) in [6.45, 7) is 0.984. The maximum atomic E-state index is 12.0. The van der Waals surface area contributed by atoms with Gasteiger partial charge >= 0.3 is 6.09 Å². The van der Waals surface area contributed by atoms with Crippen molar-refractivity contribution in [3.05, 3.63) is 64.1 Å². The van der Waals surface area contributed by atoms with Crippen molar-refractivity contribution in [3.8, 4) is 5.75 Å². The van der Waals surface area contributed by atoms with Crippen LogP contribution in [0, 0.1) is 0 Å². The number of hydrogen-bond donors (Lipinski definition) is 0. The van der Waals surface area contributed by atoms with Crippen LogP contribution < -0.4 is 4.74 Å². The number of hydrogen-bond acceptors (Lipinski definition) is 3. The molecular weight excluding hydrogens is 358 g/mol. The summed E-state index contributed by atoms with van der Waals surface area (Å²) in [7, 11) is 1.65. The Balaban J connectivity index is 1.71. The molecule has 0 spiro atoms. The fraction of sp³-hybridized carbons (Fsp3) is 0.278. The monoisotopic (exact) mass is 375 g/mol. The predicted octanol–water partition coefficient (Wildman–Crippen LogP) is 4.02. The van der Waals surface area contributed by atoms with E-state index in [0.29, 0.717) is 13.2 Å². The lowest BCUT2D eigenvalue weighted by atomic mass is 10.1. The van der Waals surface area contributed by atoms with Gasteiger partial charge in [0.05, 0.1) is 13.2 Å². The van der Waals surface area contributed by atoms with E-state index >= 15 is 0 Å². The molecule has 4 nitrogen and oxygen atoms in total. The van der Waals surface area contributed by atoms with Gasteiger partial charge in [0, 0.05) is 11.0 Å². The van der Waals surface area contributed by atoms with Gasteiger partial charge < -0.3 is 9.47 Å². The minimum Gasteiger partial charge on any atom is -0.497 e. The molecule has 1 heterocycles. The molecule has 1 atom stereocenters. The van der Waals surface area contributed by atoms with Crippen LogP contribution in [0.1, 0.15) is 11.1 Å². The molecule has 1 amide bonds. The molecule has 1 saturated heterocycles. The van der Waals surface area contributed by atoms with Crippen molar-refractivity contribution in [2.24, 2.45) is 0 Å². The summed E-state index contributed by atoms with van der Waals surface area (Å²) in [4.78, 5) is 13.8. The summed E-state index contributed by atoms with van der Waals surface area (Å²) in [5, 5.41) is 0. The van der Waals surface area contributed by atoms with E-state index in [2.05, 4.69) is 15.9 Å². The zero-order valence-electron chi connectivity index (χ0n) is 12.9. The molecule has 1 unspecified atom stereocenters. The fourth-order valence-electron chi connectivity index (χ4n) is 2.72. The zero-order chi connectivity index (χ0) is 16.2. The largest absolute Gasteiger partial charge is 0.497 e. The third-order valence-electron chi connectivity index (χ3n) is 3.95. The summed E-state index contributed by atoms with van der Waals surface area (Å²) >= 11 is 3.46. The number of methoxy groups -OCH3 is 1. The molecular formula is C18H18BrNO3. The Hall–Kier alpha value is -2.01. The first-order chi connectivity index (χ1) is 11.2. The minimum absolute atomic E-state index is 0.0508. The SMILES string of the molecule is COc1ccc(CC2COC(=O)N2Cc2cccc(Br)c2)cc1. The fourth-order valence-corrected chi connectivity index (χ4v) is 3.16. The van der Waals surface area contributed by atoms with E-state index in [0.717, 1.165) is 27.8 Å². The first-order valence-corrected chi connectivity index (χ1v) is 8.26. The molecule has 0 bridgehead atoms. The maximum Gasteiger partial charge on any atom is 0.410 e. The molecule has 2 aromatic rings. The molecule has 3 rings (SSSR count). The number of halogens is 1. The second-order valence-electron chi connectivity index (χ2n) is 5.54. The molecule has 0 N–H and O–H groups in total. The molecule has 120 valence electrons. The molecule has 0 aromatic heterocycles. The van der Waals surface area contributed by atoms with Gasteiger partial charge in [-0.25, -0.2) is 4.79 Å². The van der Waals surface area contributed by atoms with Gasteiger partial charge in [-0.2, -0.15) is 0 Å². The smallest absolute Gasteiger partial charge is 0.410 e. The number of carbonyl (C=O) groups excluding carboxylic acids is 1. The van der Waals surface area contributed by atoms with Gasteiger partial charge in [-0.15, -0.1) is 0 Å². The summed E-state index contributed by atoms with van der Waals surface area (Å²) in [5.74, 6) is 0.832. The first kappa shape index (κ1) is 15.9. The standard InChI is InChI=1S/C18H18BrNO3/c1-22-17-7-5-13(6-8-17)10-16-12-23-18(21)20(16)11-14-3-2-4-15(19)9-14/h2-9,16H,10-12H2,1H3. The normalized spacial score (nSPS) is 17.2. The van der Waals surface area contributed by atoms with Crippen molar-refractivity contribution in [1.82, 2.24) is 4.90 Å². The lowest BCUT2D eigenvalue weighted by molar-refractivity contribution is 0.156. The van der Waals surface area contributed by atoms with Crippen LogP contribution in [0.25, 0.3) is 0 Å². The molecule has 1 aliphatic rings. The Kier molecular flexibility index (Phi) is 4.86. The highest BCUT2D eigenvalue weighted by molar-refractivity contribution is 9.10. The van der Waals surface area contributed by atoms with Crippen molar-refractivity contribution < 1.29 is 14.3 Å². The van der Waals surface area contributed by atoms with Crippen molar-refractivity contribution in [2.45, 2.75) is 19.0 Å². The highest BCUT2D eigenvalue weighted by Crippen LogP contribution is 2.22. The molecule has 0 radical (unpaired) electrons. The van der Waals surface area contributed by atoms with E-state index in [-0.39, 0.29) is 12.1 Å². The Labute approximate surface area is 144 Å². The van der Waals surface area contributed by atoms with E-state index in [1.54, 1.807) is 12.0 Å². The highest BCUT2D eigenvalue weighted by Gasteiger charge is 2.32. The zero-order valence-corrected chi connectivity index (χ0v) is 14.5. The lowest BCUT2D eigenvalue weighted by Gasteiger charge is -2.21. The number of amides is 1. The van der Waals surface area contributed by atoms with Gasteiger partial charge in [0.25, 0.3) is 0 Å². The van der Waals surface area contributed by atoms with Crippen LogP contribution >= 0.6 is 15.9 Å². The van der Waals surface area contributed by atoms with Crippen molar-refractivity contribution in [1.29, 1.82) is 0 Å². The lowest BCUT2D eigenvalue weighted by Crippen LogP contribution is -2.34. The Morgan fingerprint density at radius 1 is 1.22 bits per heavy atom. The van der Waals surface area contributed by atoms with Gasteiger partial charge in [-0.3, -0.25) is 4.90 Å². The third-order valence-corrected chi connectivity index (χ3v) is 4.44. The van der Waals surface area contributed by atoms with Gasteiger partial charge in [0.1, 0.15) is 12.4 Å². The summed E-state index contributed by atoms with van der Waals surface area (Å²) < 4.78 is 11.4. The Morgan fingerprint density at radius 2 is 2.00 bits per heavy atom. The van der Waals surface area contributed by atoms with Gasteiger partial charge in [0.2, 0.25) is 0 Å². The van der Waals surface area contributed by atoms with E-state index < -0.39 is 0 Å². The number of carbonyl (C=O) groups is 1. The third kappa shape index (κ3) is 3.85. The molecule has 1 fully saturated rings. The molecule has 0 saturated carbocycles. The van der Waals surface area contributed by atoms with Crippen molar-refractivity contribution in [2.75, 3.05) is 13.7 Å². The number of benzene rings is 2. The van der Waals surface area contributed by atoms with Crippen LogP contribution in [0.3, 0.4) is 0 Å². The molecule has 0 aliphatic carbocycles. The number of nitrogens with zero attached hydrogens (tertiary/aromatic N) is 1. The summed E-state index contributed by atoms with van der Waals surface area (Å²) in [5.41, 5.74) is 2.24. The van der Waals surface area contributed by atoms with E-state index in [4.69, 9.17) is 9.47 Å². The second-order valence-corrected chi connectivity index (χ2v) is 6.46. The van der Waals surface area contributed by atoms with E-state index in [1.807, 2.05) is 48.5 Å². The molecule has 1 aliphatic heterocycles. The Bertz CT molecular complexity index is 687. The van der Waals surface area contributed by atoms with Gasteiger partial charge in [-0.1, -0.05) is 40.2 Å².